The van der Waals surface area contributed by atoms with E-state index in [-0.39, 0.29) is 0 Å². The Morgan fingerprint density at radius 3 is 2.95 bits per heavy atom. The number of piperidine rings is 1. The smallest absolute Gasteiger partial charge is 0.0408 e. The third kappa shape index (κ3) is 2.61. The summed E-state index contributed by atoms with van der Waals surface area (Å²) >= 11 is 6.12. The highest BCUT2D eigenvalue weighted by atomic mass is 35.5. The van der Waals surface area contributed by atoms with Crippen molar-refractivity contribution in [3.8, 4) is 0 Å². The lowest BCUT2D eigenvalue weighted by atomic mass is 9.87. The predicted molar refractivity (Wildman–Crippen MR) is 85.1 cm³/mol. The molecule has 3 rings (SSSR count). The van der Waals surface area contributed by atoms with Crippen molar-refractivity contribution < 1.29 is 0 Å². The Kier molecular flexibility index (Phi) is 4.34. The van der Waals surface area contributed by atoms with Crippen molar-refractivity contribution in [3.63, 3.8) is 0 Å². The van der Waals surface area contributed by atoms with Crippen LogP contribution in [0, 0.1) is 5.92 Å². The van der Waals surface area contributed by atoms with E-state index in [2.05, 4.69) is 24.0 Å². The summed E-state index contributed by atoms with van der Waals surface area (Å²) in [5.41, 5.74) is 8.99. The maximum atomic E-state index is 6.12. The minimum Gasteiger partial charge on any atom is -0.329 e. The van der Waals surface area contributed by atoms with Crippen LogP contribution in [0.5, 0.6) is 0 Å². The van der Waals surface area contributed by atoms with E-state index < -0.39 is 0 Å². The van der Waals surface area contributed by atoms with Gasteiger partial charge in [-0.05, 0) is 61.4 Å². The fourth-order valence-corrected chi connectivity index (χ4v) is 4.27. The van der Waals surface area contributed by atoms with Crippen molar-refractivity contribution in [2.45, 2.75) is 51.1 Å². The summed E-state index contributed by atoms with van der Waals surface area (Å²) in [4.78, 5) is 2.67. The largest absolute Gasteiger partial charge is 0.329 e. The third-order valence-electron chi connectivity index (χ3n) is 5.27. The summed E-state index contributed by atoms with van der Waals surface area (Å²) in [6.45, 7) is 4.30. The van der Waals surface area contributed by atoms with Gasteiger partial charge < -0.3 is 5.73 Å². The maximum Gasteiger partial charge on any atom is 0.0408 e. The normalized spacial score (nSPS) is 30.4. The highest BCUT2D eigenvalue weighted by Crippen LogP contribution is 2.40. The van der Waals surface area contributed by atoms with E-state index in [9.17, 15) is 0 Å². The lowest BCUT2D eigenvalue weighted by Gasteiger charge is -2.42. The number of nitrogens with zero attached hydrogens (tertiary/aromatic N) is 1. The number of rotatable bonds is 3. The SMILES string of the molecule is CCC1CCN(C2CCc3cc(Cl)ccc32)C(CN)C1. The number of hydrogen-bond donors (Lipinski definition) is 1. The molecule has 1 aromatic rings. The second-order valence-corrected chi connectivity index (χ2v) is 6.76. The highest BCUT2D eigenvalue weighted by Gasteiger charge is 2.35. The van der Waals surface area contributed by atoms with Gasteiger partial charge in [0.05, 0.1) is 0 Å². The first-order chi connectivity index (χ1) is 9.72. The van der Waals surface area contributed by atoms with Crippen LogP contribution in [0.1, 0.15) is 49.8 Å². The van der Waals surface area contributed by atoms with Gasteiger partial charge >= 0.3 is 0 Å². The van der Waals surface area contributed by atoms with Crippen LogP contribution in [0.3, 0.4) is 0 Å². The molecule has 0 saturated carbocycles. The Balaban J connectivity index is 1.80. The lowest BCUT2D eigenvalue weighted by molar-refractivity contribution is 0.0702. The second kappa shape index (κ2) is 6.05. The standard InChI is InChI=1S/C17H25ClN2/c1-2-12-7-8-20(15(9-12)11-19)17-6-3-13-10-14(18)4-5-16(13)17/h4-5,10,12,15,17H,2-3,6-9,11,19H2,1H3. The van der Waals surface area contributed by atoms with Crippen LogP contribution in [0.2, 0.25) is 5.02 Å². The Hall–Kier alpha value is -0.570. The van der Waals surface area contributed by atoms with Crippen molar-refractivity contribution in [3.05, 3.63) is 34.3 Å². The van der Waals surface area contributed by atoms with Crippen molar-refractivity contribution in [2.24, 2.45) is 11.7 Å². The van der Waals surface area contributed by atoms with Gasteiger partial charge in [-0.15, -0.1) is 0 Å². The van der Waals surface area contributed by atoms with Crippen LogP contribution in [0.25, 0.3) is 0 Å². The lowest BCUT2D eigenvalue weighted by Crippen LogP contribution is -2.47. The van der Waals surface area contributed by atoms with Gasteiger partial charge in [-0.25, -0.2) is 0 Å². The van der Waals surface area contributed by atoms with Gasteiger partial charge in [0.2, 0.25) is 0 Å². The van der Waals surface area contributed by atoms with Crippen LogP contribution >= 0.6 is 11.6 Å². The molecule has 3 unspecified atom stereocenters. The summed E-state index contributed by atoms with van der Waals surface area (Å²) in [6, 6.07) is 7.53. The van der Waals surface area contributed by atoms with E-state index in [1.54, 1.807) is 0 Å². The van der Waals surface area contributed by atoms with Gasteiger partial charge in [-0.3, -0.25) is 4.90 Å². The van der Waals surface area contributed by atoms with Crippen molar-refractivity contribution in [1.82, 2.24) is 4.90 Å². The van der Waals surface area contributed by atoms with Crippen LogP contribution in [-0.4, -0.2) is 24.0 Å². The van der Waals surface area contributed by atoms with Crippen LogP contribution in [0.4, 0.5) is 0 Å². The van der Waals surface area contributed by atoms with E-state index in [4.69, 9.17) is 17.3 Å². The van der Waals surface area contributed by atoms with Crippen LogP contribution in [-0.2, 0) is 6.42 Å². The summed E-state index contributed by atoms with van der Waals surface area (Å²) < 4.78 is 0. The van der Waals surface area contributed by atoms with Gasteiger partial charge in [0.1, 0.15) is 0 Å². The molecule has 0 bridgehead atoms. The highest BCUT2D eigenvalue weighted by molar-refractivity contribution is 6.30. The van der Waals surface area contributed by atoms with E-state index in [1.807, 2.05) is 6.07 Å². The molecule has 1 fully saturated rings. The van der Waals surface area contributed by atoms with Gasteiger partial charge in [0.15, 0.2) is 0 Å². The molecule has 1 aliphatic carbocycles. The zero-order valence-corrected chi connectivity index (χ0v) is 13.1. The number of aryl methyl sites for hydroxylation is 1. The molecule has 3 heteroatoms. The number of fused-ring (bicyclic) bond motifs is 1. The summed E-state index contributed by atoms with van der Waals surface area (Å²) in [5, 5.41) is 0.865. The van der Waals surface area contributed by atoms with Gasteiger partial charge in [0.25, 0.3) is 0 Å². The zero-order chi connectivity index (χ0) is 14.1. The molecule has 20 heavy (non-hydrogen) atoms. The molecule has 110 valence electrons. The average Bonchev–Trinajstić information content (AvgIpc) is 2.89. The average molecular weight is 293 g/mol. The molecule has 1 aliphatic heterocycles. The zero-order valence-electron chi connectivity index (χ0n) is 12.3. The molecule has 0 amide bonds. The van der Waals surface area contributed by atoms with Crippen molar-refractivity contribution >= 4 is 11.6 Å². The molecule has 0 spiro atoms. The van der Waals surface area contributed by atoms with Crippen molar-refractivity contribution in [1.29, 1.82) is 0 Å². The minimum atomic E-state index is 0.556. The molecule has 2 nitrogen and oxygen atoms in total. The van der Waals surface area contributed by atoms with Gasteiger partial charge in [-0.1, -0.05) is 31.0 Å². The van der Waals surface area contributed by atoms with E-state index in [0.717, 1.165) is 23.9 Å². The topological polar surface area (TPSA) is 29.3 Å². The van der Waals surface area contributed by atoms with Crippen LogP contribution in [0.15, 0.2) is 18.2 Å². The Morgan fingerprint density at radius 2 is 2.20 bits per heavy atom. The number of nitrogens with two attached hydrogens (primary N) is 1. The fraction of sp³-hybridized carbons (Fsp3) is 0.647. The number of hydrogen-bond acceptors (Lipinski definition) is 2. The molecular weight excluding hydrogens is 268 g/mol. The molecular formula is C17H25ClN2. The monoisotopic (exact) mass is 292 g/mol. The van der Waals surface area contributed by atoms with Crippen molar-refractivity contribution in [2.75, 3.05) is 13.1 Å². The summed E-state index contributed by atoms with van der Waals surface area (Å²) in [5.74, 6) is 0.867. The Bertz CT molecular complexity index is 474. The second-order valence-electron chi connectivity index (χ2n) is 6.32. The number of benzene rings is 1. The first-order valence-electron chi connectivity index (χ1n) is 7.97. The molecule has 0 aromatic heterocycles. The number of halogens is 1. The molecule has 1 saturated heterocycles. The van der Waals surface area contributed by atoms with Gasteiger partial charge in [0, 0.05) is 23.7 Å². The Labute approximate surface area is 127 Å². The van der Waals surface area contributed by atoms with E-state index in [0.29, 0.717) is 12.1 Å². The quantitative estimate of drug-likeness (QED) is 0.919. The number of likely N-dealkylation sites (tertiary alicyclic amines) is 1. The Morgan fingerprint density at radius 1 is 1.35 bits per heavy atom. The first kappa shape index (κ1) is 14.4. The minimum absolute atomic E-state index is 0.556. The molecule has 1 aromatic carbocycles. The maximum absolute atomic E-state index is 6.12. The van der Waals surface area contributed by atoms with Gasteiger partial charge in [-0.2, -0.15) is 0 Å². The molecule has 3 atom stereocenters. The molecule has 1 heterocycles. The summed E-state index contributed by atoms with van der Waals surface area (Å²) in [7, 11) is 0. The molecule has 0 radical (unpaired) electrons. The predicted octanol–water partition coefficient (Wildman–Crippen LogP) is 3.78. The van der Waals surface area contributed by atoms with E-state index in [1.165, 1.54) is 43.4 Å². The first-order valence-corrected chi connectivity index (χ1v) is 8.34. The van der Waals surface area contributed by atoms with Crippen LogP contribution < -0.4 is 5.73 Å². The third-order valence-corrected chi connectivity index (χ3v) is 5.51. The summed E-state index contributed by atoms with van der Waals surface area (Å²) in [6.07, 6.45) is 6.27. The fourth-order valence-electron chi connectivity index (χ4n) is 4.07. The van der Waals surface area contributed by atoms with E-state index >= 15 is 0 Å². The molecule has 2 aliphatic rings. The molecule has 2 N–H and O–H groups in total.